The molecule has 0 aliphatic carbocycles. The second kappa shape index (κ2) is 9.39. The summed E-state index contributed by atoms with van der Waals surface area (Å²) in [5, 5.41) is 3.24. The number of nitrogens with zero attached hydrogens (tertiary/aromatic N) is 1. The summed E-state index contributed by atoms with van der Waals surface area (Å²) in [4.78, 5) is 26.9. The van der Waals surface area contributed by atoms with Crippen molar-refractivity contribution in [2.45, 2.75) is 13.0 Å². The Morgan fingerprint density at radius 1 is 1.11 bits per heavy atom. The number of likely N-dealkylation sites (tertiary alicyclic amines) is 1. The SMILES string of the molecule is COc1ccc(NC(C)=C2C(=O)C(=O)N(CCN)C2c2ccccc2)cc1.Cl. The van der Waals surface area contributed by atoms with Crippen molar-refractivity contribution in [2.75, 3.05) is 25.5 Å². The van der Waals surface area contributed by atoms with Crippen LogP contribution >= 0.6 is 12.4 Å². The van der Waals surface area contributed by atoms with Crippen LogP contribution < -0.4 is 15.8 Å². The second-order valence-electron chi connectivity index (χ2n) is 6.32. The number of benzene rings is 2. The van der Waals surface area contributed by atoms with Gasteiger partial charge in [0, 0.05) is 24.5 Å². The molecule has 1 unspecified atom stereocenters. The molecule has 28 heavy (non-hydrogen) atoms. The second-order valence-corrected chi connectivity index (χ2v) is 6.32. The van der Waals surface area contributed by atoms with Crippen LogP contribution in [0.25, 0.3) is 0 Å². The van der Waals surface area contributed by atoms with Gasteiger partial charge in [-0.2, -0.15) is 0 Å². The Balaban J connectivity index is 0.00000280. The Labute approximate surface area is 170 Å². The number of carbonyl (C=O) groups is 2. The van der Waals surface area contributed by atoms with Crippen molar-refractivity contribution in [2.24, 2.45) is 5.73 Å². The van der Waals surface area contributed by atoms with Gasteiger partial charge in [-0.25, -0.2) is 0 Å². The van der Waals surface area contributed by atoms with Crippen molar-refractivity contribution in [1.82, 2.24) is 4.90 Å². The molecule has 1 heterocycles. The zero-order chi connectivity index (χ0) is 19.4. The minimum Gasteiger partial charge on any atom is -0.497 e. The van der Waals surface area contributed by atoms with E-state index in [2.05, 4.69) is 5.32 Å². The molecule has 0 spiro atoms. The van der Waals surface area contributed by atoms with Gasteiger partial charge in [-0.1, -0.05) is 30.3 Å². The van der Waals surface area contributed by atoms with E-state index < -0.39 is 17.7 Å². The first-order chi connectivity index (χ1) is 13.1. The van der Waals surface area contributed by atoms with Gasteiger partial charge in [0.2, 0.25) is 0 Å². The molecule has 0 saturated carbocycles. The summed E-state index contributed by atoms with van der Waals surface area (Å²) in [6.45, 7) is 2.43. The molecular weight excluding hydrogens is 378 g/mol. The molecule has 1 saturated heterocycles. The molecule has 148 valence electrons. The summed E-state index contributed by atoms with van der Waals surface area (Å²) in [7, 11) is 1.61. The highest BCUT2D eigenvalue weighted by molar-refractivity contribution is 6.45. The molecule has 1 aliphatic rings. The summed E-state index contributed by atoms with van der Waals surface area (Å²) in [5.41, 5.74) is 8.47. The molecule has 1 aliphatic heterocycles. The van der Waals surface area contributed by atoms with Crippen LogP contribution in [-0.4, -0.2) is 36.8 Å². The van der Waals surface area contributed by atoms with Crippen LogP contribution in [0.4, 0.5) is 5.69 Å². The lowest BCUT2D eigenvalue weighted by Crippen LogP contribution is -2.34. The van der Waals surface area contributed by atoms with E-state index in [0.29, 0.717) is 24.4 Å². The fourth-order valence-corrected chi connectivity index (χ4v) is 3.33. The van der Waals surface area contributed by atoms with E-state index in [0.717, 1.165) is 17.0 Å². The van der Waals surface area contributed by atoms with Crippen LogP contribution in [0.1, 0.15) is 18.5 Å². The minimum atomic E-state index is -0.514. The first kappa shape index (κ1) is 21.5. The van der Waals surface area contributed by atoms with Gasteiger partial charge >= 0.3 is 0 Å². The summed E-state index contributed by atoms with van der Waals surface area (Å²) in [6, 6.07) is 16.5. The zero-order valence-electron chi connectivity index (χ0n) is 15.8. The van der Waals surface area contributed by atoms with Gasteiger partial charge in [-0.3, -0.25) is 9.59 Å². The van der Waals surface area contributed by atoms with Crippen molar-refractivity contribution >= 4 is 29.8 Å². The third-order valence-corrected chi connectivity index (χ3v) is 4.60. The summed E-state index contributed by atoms with van der Waals surface area (Å²) < 4.78 is 5.16. The summed E-state index contributed by atoms with van der Waals surface area (Å²) in [5.74, 6) is -0.259. The predicted octanol–water partition coefficient (Wildman–Crippen LogP) is 2.91. The number of methoxy groups -OCH3 is 1. The van der Waals surface area contributed by atoms with Gasteiger partial charge in [0.05, 0.1) is 18.7 Å². The molecule has 0 aromatic heterocycles. The van der Waals surface area contributed by atoms with E-state index in [1.807, 2.05) is 61.5 Å². The number of allylic oxidation sites excluding steroid dienone is 1. The van der Waals surface area contributed by atoms with Crippen molar-refractivity contribution in [1.29, 1.82) is 0 Å². The number of halogens is 1. The van der Waals surface area contributed by atoms with Crippen molar-refractivity contribution < 1.29 is 14.3 Å². The topological polar surface area (TPSA) is 84.7 Å². The Hall–Kier alpha value is -2.83. The average molecular weight is 402 g/mol. The largest absolute Gasteiger partial charge is 0.497 e. The van der Waals surface area contributed by atoms with Gasteiger partial charge < -0.3 is 20.7 Å². The molecule has 3 rings (SSSR count). The molecule has 3 N–H and O–H groups in total. The number of rotatable bonds is 6. The molecule has 2 aromatic rings. The van der Waals surface area contributed by atoms with Crippen LogP contribution in [0.5, 0.6) is 5.75 Å². The Morgan fingerprint density at radius 2 is 1.75 bits per heavy atom. The molecule has 7 heteroatoms. The number of nitrogens with one attached hydrogen (secondary N) is 1. The van der Waals surface area contributed by atoms with E-state index in [1.54, 1.807) is 12.0 Å². The fourth-order valence-electron chi connectivity index (χ4n) is 3.33. The number of hydrogen-bond acceptors (Lipinski definition) is 5. The van der Waals surface area contributed by atoms with Crippen molar-refractivity contribution in [3.63, 3.8) is 0 Å². The van der Waals surface area contributed by atoms with Gasteiger partial charge in [0.15, 0.2) is 0 Å². The van der Waals surface area contributed by atoms with Crippen molar-refractivity contribution in [3.05, 3.63) is 71.4 Å². The minimum absolute atomic E-state index is 0. The highest BCUT2D eigenvalue weighted by Crippen LogP contribution is 2.37. The van der Waals surface area contributed by atoms with Crippen molar-refractivity contribution in [3.8, 4) is 5.75 Å². The van der Waals surface area contributed by atoms with E-state index >= 15 is 0 Å². The smallest absolute Gasteiger partial charge is 0.295 e. The van der Waals surface area contributed by atoms with E-state index in [4.69, 9.17) is 10.5 Å². The van der Waals surface area contributed by atoms with Gasteiger partial charge in [-0.15, -0.1) is 12.4 Å². The number of ketones is 1. The van der Waals surface area contributed by atoms with Gasteiger partial charge in [-0.05, 0) is 36.8 Å². The normalized spacial score (nSPS) is 18.0. The van der Waals surface area contributed by atoms with Crippen LogP contribution in [-0.2, 0) is 9.59 Å². The van der Waals surface area contributed by atoms with E-state index in [9.17, 15) is 9.59 Å². The average Bonchev–Trinajstić information content (AvgIpc) is 2.94. The van der Waals surface area contributed by atoms with Crippen LogP contribution in [0.15, 0.2) is 65.9 Å². The molecule has 6 nitrogen and oxygen atoms in total. The molecule has 1 amide bonds. The van der Waals surface area contributed by atoms with E-state index in [-0.39, 0.29) is 12.4 Å². The number of amides is 1. The Kier molecular flexibility index (Phi) is 7.20. The number of Topliss-reactive ketones (excluding diaryl/α,β-unsaturated/α-hetero) is 1. The highest BCUT2D eigenvalue weighted by Gasteiger charge is 2.44. The Bertz CT molecular complexity index is 866. The third kappa shape index (κ3) is 4.18. The van der Waals surface area contributed by atoms with E-state index in [1.165, 1.54) is 0 Å². The number of nitrogens with two attached hydrogens (primary N) is 1. The van der Waals surface area contributed by atoms with Crippen LogP contribution in [0, 0.1) is 0 Å². The highest BCUT2D eigenvalue weighted by atomic mass is 35.5. The summed E-state index contributed by atoms with van der Waals surface area (Å²) in [6.07, 6.45) is 0. The zero-order valence-corrected chi connectivity index (χ0v) is 16.7. The van der Waals surface area contributed by atoms with Crippen LogP contribution in [0.2, 0.25) is 0 Å². The summed E-state index contributed by atoms with van der Waals surface area (Å²) >= 11 is 0. The Morgan fingerprint density at radius 3 is 2.32 bits per heavy atom. The molecular formula is C21H24ClN3O3. The van der Waals surface area contributed by atoms with Crippen LogP contribution in [0.3, 0.4) is 0 Å². The lowest BCUT2D eigenvalue weighted by Gasteiger charge is -2.25. The maximum Gasteiger partial charge on any atom is 0.295 e. The molecule has 0 radical (unpaired) electrons. The van der Waals surface area contributed by atoms with Gasteiger partial charge in [0.25, 0.3) is 11.7 Å². The number of ether oxygens (including phenoxy) is 1. The number of hydrogen-bond donors (Lipinski definition) is 2. The number of anilines is 1. The molecule has 1 fully saturated rings. The standard InChI is InChI=1S/C21H23N3O3.ClH/c1-14(23-16-8-10-17(27-2)11-9-16)18-19(15-6-4-3-5-7-15)24(13-12-22)21(26)20(18)25;/h3-11,19,23H,12-13,22H2,1-2H3;1H. The number of carbonyl (C=O) groups excluding carboxylic acids is 2. The first-order valence-electron chi connectivity index (χ1n) is 8.79. The first-order valence-corrected chi connectivity index (χ1v) is 8.79. The third-order valence-electron chi connectivity index (χ3n) is 4.60. The lowest BCUT2D eigenvalue weighted by atomic mass is 9.97. The lowest BCUT2D eigenvalue weighted by molar-refractivity contribution is -0.139. The molecule has 0 bridgehead atoms. The fraction of sp³-hybridized carbons (Fsp3) is 0.238. The molecule has 1 atom stereocenters. The van der Waals surface area contributed by atoms with Gasteiger partial charge in [0.1, 0.15) is 5.75 Å². The predicted molar refractivity (Wildman–Crippen MR) is 112 cm³/mol. The molecule has 2 aromatic carbocycles. The maximum absolute atomic E-state index is 12.8. The quantitative estimate of drug-likeness (QED) is 0.574. The maximum atomic E-state index is 12.8. The monoisotopic (exact) mass is 401 g/mol.